The molecule has 2 N–H and O–H groups in total. The number of aliphatic carboxylic acids is 1. The zero-order chi connectivity index (χ0) is 9.64. The number of H-pyrrole nitrogens is 1. The number of carbonyl (C=O) groups is 1. The van der Waals surface area contributed by atoms with Crippen molar-refractivity contribution >= 4 is 5.97 Å². The molecule has 0 radical (unpaired) electrons. The van der Waals surface area contributed by atoms with Gasteiger partial charge in [-0.2, -0.15) is 0 Å². The van der Waals surface area contributed by atoms with Gasteiger partial charge in [0.1, 0.15) is 0 Å². The summed E-state index contributed by atoms with van der Waals surface area (Å²) in [5, 5.41) is 8.94. The highest BCUT2D eigenvalue weighted by Gasteiger charge is 2.63. The topological polar surface area (TPSA) is 53.1 Å². The fourth-order valence-electron chi connectivity index (χ4n) is 2.22. The maximum Gasteiger partial charge on any atom is 0.307 e. The maximum absolute atomic E-state index is 10.9. The molecule has 0 aromatic carbocycles. The number of hydrogen-bond donors (Lipinski definition) is 2. The summed E-state index contributed by atoms with van der Waals surface area (Å²) >= 11 is 0. The number of aromatic nitrogens is 1. The van der Waals surface area contributed by atoms with Gasteiger partial charge in [-0.1, -0.05) is 13.8 Å². The van der Waals surface area contributed by atoms with E-state index >= 15 is 0 Å². The van der Waals surface area contributed by atoms with Crippen LogP contribution < -0.4 is 0 Å². The van der Waals surface area contributed by atoms with E-state index in [9.17, 15) is 4.79 Å². The lowest BCUT2D eigenvalue weighted by atomic mass is 10.1. The predicted molar refractivity (Wildman–Crippen MR) is 48.4 cm³/mol. The predicted octanol–water partition coefficient (Wildman–Crippen LogP) is 1.84. The van der Waals surface area contributed by atoms with Gasteiger partial charge in [-0.25, -0.2) is 0 Å². The summed E-state index contributed by atoms with van der Waals surface area (Å²) < 4.78 is 0. The number of aromatic amines is 1. The van der Waals surface area contributed by atoms with Gasteiger partial charge < -0.3 is 10.1 Å². The Morgan fingerprint density at radius 2 is 2.31 bits per heavy atom. The van der Waals surface area contributed by atoms with E-state index in [2.05, 4.69) is 4.98 Å². The zero-order valence-corrected chi connectivity index (χ0v) is 7.74. The highest BCUT2D eigenvalue weighted by atomic mass is 16.4. The third-order valence-electron chi connectivity index (χ3n) is 3.05. The van der Waals surface area contributed by atoms with Gasteiger partial charge in [0, 0.05) is 17.8 Å². The standard InChI is InChI=1S/C10H13NO2/c1-10(2)7(8(10)9(12)13)6-4-3-5-11-6/h3-5,7-8,11H,1-2H3,(H,12,13). The number of nitrogens with one attached hydrogen (secondary N) is 1. The average molecular weight is 179 g/mol. The molecule has 0 bridgehead atoms. The minimum absolute atomic E-state index is 0.101. The second-order valence-electron chi connectivity index (χ2n) is 4.24. The molecule has 1 aromatic rings. The molecule has 2 atom stereocenters. The summed E-state index contributed by atoms with van der Waals surface area (Å²) in [7, 11) is 0. The van der Waals surface area contributed by atoms with Gasteiger partial charge in [-0.05, 0) is 17.5 Å². The van der Waals surface area contributed by atoms with Crippen molar-refractivity contribution in [2.75, 3.05) is 0 Å². The Kier molecular flexibility index (Phi) is 1.53. The van der Waals surface area contributed by atoms with Gasteiger partial charge in [0.15, 0.2) is 0 Å². The number of carboxylic acids is 1. The van der Waals surface area contributed by atoms with Crippen molar-refractivity contribution in [1.82, 2.24) is 4.98 Å². The van der Waals surface area contributed by atoms with Crippen molar-refractivity contribution < 1.29 is 9.90 Å². The van der Waals surface area contributed by atoms with Crippen LogP contribution in [0, 0.1) is 11.3 Å². The zero-order valence-electron chi connectivity index (χ0n) is 7.74. The first-order chi connectivity index (χ1) is 6.05. The van der Waals surface area contributed by atoms with Crippen LogP contribution in [0.4, 0.5) is 0 Å². The van der Waals surface area contributed by atoms with Gasteiger partial charge in [-0.3, -0.25) is 4.79 Å². The van der Waals surface area contributed by atoms with Crippen molar-refractivity contribution in [1.29, 1.82) is 0 Å². The van der Waals surface area contributed by atoms with E-state index in [1.54, 1.807) is 0 Å². The van der Waals surface area contributed by atoms with E-state index in [1.165, 1.54) is 0 Å². The molecule has 0 spiro atoms. The maximum atomic E-state index is 10.9. The third-order valence-corrected chi connectivity index (χ3v) is 3.05. The van der Waals surface area contributed by atoms with Crippen LogP contribution >= 0.6 is 0 Å². The lowest BCUT2D eigenvalue weighted by Crippen LogP contribution is -2.03. The molecule has 3 heteroatoms. The molecule has 1 heterocycles. The molecule has 0 amide bonds. The molecule has 13 heavy (non-hydrogen) atoms. The molecule has 0 aliphatic heterocycles. The van der Waals surface area contributed by atoms with E-state index < -0.39 is 5.97 Å². The lowest BCUT2D eigenvalue weighted by Gasteiger charge is -1.98. The van der Waals surface area contributed by atoms with Crippen molar-refractivity contribution in [3.63, 3.8) is 0 Å². The SMILES string of the molecule is CC1(C)C(C(=O)O)C1c1ccc[nH]1. The molecule has 2 unspecified atom stereocenters. The summed E-state index contributed by atoms with van der Waals surface area (Å²) in [6, 6.07) is 3.86. The molecule has 1 fully saturated rings. The Hall–Kier alpha value is -1.25. The van der Waals surface area contributed by atoms with Crippen LogP contribution in [0.2, 0.25) is 0 Å². The molecular formula is C10H13NO2. The highest BCUT2D eigenvalue weighted by Crippen LogP contribution is 2.63. The van der Waals surface area contributed by atoms with Crippen molar-refractivity contribution in [2.45, 2.75) is 19.8 Å². The lowest BCUT2D eigenvalue weighted by molar-refractivity contribution is -0.139. The highest BCUT2D eigenvalue weighted by molar-refractivity contribution is 5.77. The van der Waals surface area contributed by atoms with Gasteiger partial charge in [0.05, 0.1) is 5.92 Å². The van der Waals surface area contributed by atoms with Gasteiger partial charge >= 0.3 is 5.97 Å². The normalized spacial score (nSPS) is 30.0. The first kappa shape index (κ1) is 8.35. The average Bonchev–Trinajstić information content (AvgIpc) is 2.50. The minimum Gasteiger partial charge on any atom is -0.481 e. The first-order valence-electron chi connectivity index (χ1n) is 4.41. The molecule has 1 aromatic heterocycles. The fraction of sp³-hybridized carbons (Fsp3) is 0.500. The van der Waals surface area contributed by atoms with Gasteiger partial charge in [-0.15, -0.1) is 0 Å². The Balaban J connectivity index is 2.25. The second-order valence-corrected chi connectivity index (χ2v) is 4.24. The van der Waals surface area contributed by atoms with Crippen LogP contribution in [-0.4, -0.2) is 16.1 Å². The Morgan fingerprint density at radius 1 is 1.62 bits per heavy atom. The molecule has 70 valence electrons. The summed E-state index contributed by atoms with van der Waals surface area (Å²) in [5.41, 5.74) is 0.939. The molecule has 0 saturated heterocycles. The summed E-state index contributed by atoms with van der Waals surface area (Å²) in [5.74, 6) is -0.768. The van der Waals surface area contributed by atoms with E-state index in [0.717, 1.165) is 5.69 Å². The summed E-state index contributed by atoms with van der Waals surface area (Å²) in [6.07, 6.45) is 1.84. The van der Waals surface area contributed by atoms with E-state index in [0.29, 0.717) is 0 Å². The van der Waals surface area contributed by atoms with Crippen LogP contribution in [0.1, 0.15) is 25.5 Å². The minimum atomic E-state index is -0.690. The third kappa shape index (κ3) is 1.07. The molecule has 1 aliphatic carbocycles. The van der Waals surface area contributed by atoms with Crippen LogP contribution in [0.25, 0.3) is 0 Å². The van der Waals surface area contributed by atoms with Gasteiger partial charge in [0.25, 0.3) is 0 Å². The van der Waals surface area contributed by atoms with E-state index in [1.807, 2.05) is 32.2 Å². The quantitative estimate of drug-likeness (QED) is 0.727. The number of hydrogen-bond acceptors (Lipinski definition) is 1. The molecule has 2 rings (SSSR count). The monoisotopic (exact) mass is 179 g/mol. The van der Waals surface area contributed by atoms with Gasteiger partial charge in [0.2, 0.25) is 0 Å². The number of carboxylic acid groups (broad SMARTS) is 1. The van der Waals surface area contributed by atoms with Crippen LogP contribution in [0.3, 0.4) is 0 Å². The summed E-state index contributed by atoms with van der Waals surface area (Å²) in [4.78, 5) is 13.9. The van der Waals surface area contributed by atoms with Crippen LogP contribution in [-0.2, 0) is 4.79 Å². The molecule has 3 nitrogen and oxygen atoms in total. The summed E-state index contributed by atoms with van der Waals surface area (Å²) in [6.45, 7) is 3.99. The second kappa shape index (κ2) is 2.37. The van der Waals surface area contributed by atoms with Crippen molar-refractivity contribution in [3.05, 3.63) is 24.0 Å². The Labute approximate surface area is 76.8 Å². The van der Waals surface area contributed by atoms with E-state index in [-0.39, 0.29) is 17.3 Å². The van der Waals surface area contributed by atoms with Crippen LogP contribution in [0.5, 0.6) is 0 Å². The Morgan fingerprint density at radius 3 is 2.69 bits per heavy atom. The van der Waals surface area contributed by atoms with Crippen molar-refractivity contribution in [2.24, 2.45) is 11.3 Å². The van der Waals surface area contributed by atoms with Crippen LogP contribution in [0.15, 0.2) is 18.3 Å². The molecular weight excluding hydrogens is 166 g/mol. The fourth-order valence-corrected chi connectivity index (χ4v) is 2.22. The van der Waals surface area contributed by atoms with E-state index in [4.69, 9.17) is 5.11 Å². The number of rotatable bonds is 2. The largest absolute Gasteiger partial charge is 0.481 e. The van der Waals surface area contributed by atoms with Crippen molar-refractivity contribution in [3.8, 4) is 0 Å². The molecule has 1 saturated carbocycles. The molecule has 1 aliphatic rings. The Bertz CT molecular complexity index is 327. The first-order valence-corrected chi connectivity index (χ1v) is 4.41. The smallest absolute Gasteiger partial charge is 0.307 e.